The molecule has 4 aromatic rings. The number of benzene rings is 2. The van der Waals surface area contributed by atoms with Crippen LogP contribution in [-0.2, 0) is 6.18 Å². The van der Waals surface area contributed by atoms with E-state index in [2.05, 4.69) is 25.3 Å². The van der Waals surface area contributed by atoms with Crippen molar-refractivity contribution in [2.45, 2.75) is 26.1 Å². The van der Waals surface area contributed by atoms with E-state index in [0.717, 1.165) is 12.1 Å². The number of ether oxygens (including phenoxy) is 1. The zero-order chi connectivity index (χ0) is 23.9. The molecule has 2 N–H and O–H groups in total. The Labute approximate surface area is 191 Å². The summed E-state index contributed by atoms with van der Waals surface area (Å²) in [5.74, 6) is -0.200. The highest BCUT2D eigenvalue weighted by Gasteiger charge is 2.32. The molecular weight excluding hydrogens is 462 g/mol. The third-order valence-electron chi connectivity index (χ3n) is 5.31. The van der Waals surface area contributed by atoms with Gasteiger partial charge >= 0.3 is 6.18 Å². The van der Waals surface area contributed by atoms with E-state index < -0.39 is 23.6 Å². The maximum absolute atomic E-state index is 14.8. The van der Waals surface area contributed by atoms with Crippen molar-refractivity contribution in [3.05, 3.63) is 64.5 Å². The van der Waals surface area contributed by atoms with Crippen molar-refractivity contribution in [1.29, 1.82) is 0 Å². The number of H-pyrrole nitrogens is 1. The van der Waals surface area contributed by atoms with Gasteiger partial charge in [0, 0.05) is 21.7 Å². The SMILES string of the molecule is COc1c(C(C)Nc2ncnc3[nH]cnc23)cc(Cl)c(C)c1-c1cc(C(F)(F)F)ccc1F. The highest BCUT2D eigenvalue weighted by Crippen LogP contribution is 2.45. The Kier molecular flexibility index (Phi) is 5.87. The molecule has 0 aliphatic heterocycles. The Morgan fingerprint density at radius 1 is 1.15 bits per heavy atom. The molecule has 0 fully saturated rings. The predicted molar refractivity (Wildman–Crippen MR) is 117 cm³/mol. The van der Waals surface area contributed by atoms with E-state index in [0.29, 0.717) is 34.2 Å². The van der Waals surface area contributed by atoms with Gasteiger partial charge in [-0.15, -0.1) is 0 Å². The van der Waals surface area contributed by atoms with Gasteiger partial charge in [0.05, 0.1) is 25.0 Å². The molecule has 2 aromatic heterocycles. The van der Waals surface area contributed by atoms with E-state index in [1.54, 1.807) is 19.9 Å². The van der Waals surface area contributed by atoms with Gasteiger partial charge in [-0.05, 0) is 43.7 Å². The van der Waals surface area contributed by atoms with E-state index in [-0.39, 0.29) is 21.9 Å². The summed E-state index contributed by atoms with van der Waals surface area (Å²) in [7, 11) is 1.37. The largest absolute Gasteiger partial charge is 0.496 e. The van der Waals surface area contributed by atoms with E-state index >= 15 is 0 Å². The lowest BCUT2D eigenvalue weighted by Crippen LogP contribution is -2.12. The molecule has 4 rings (SSSR count). The molecule has 0 radical (unpaired) electrons. The van der Waals surface area contributed by atoms with Gasteiger partial charge in [0.2, 0.25) is 0 Å². The fourth-order valence-corrected chi connectivity index (χ4v) is 3.87. The zero-order valence-corrected chi connectivity index (χ0v) is 18.4. The number of nitrogens with one attached hydrogen (secondary N) is 2. The van der Waals surface area contributed by atoms with Crippen molar-refractivity contribution in [3.63, 3.8) is 0 Å². The van der Waals surface area contributed by atoms with Gasteiger partial charge in [-0.25, -0.2) is 19.3 Å². The summed E-state index contributed by atoms with van der Waals surface area (Å²) < 4.78 is 60.3. The minimum absolute atomic E-state index is 0.143. The van der Waals surface area contributed by atoms with Crippen molar-refractivity contribution in [1.82, 2.24) is 19.9 Å². The topological polar surface area (TPSA) is 75.7 Å². The van der Waals surface area contributed by atoms with Gasteiger partial charge in [-0.3, -0.25) is 0 Å². The third kappa shape index (κ3) is 4.18. The summed E-state index contributed by atoms with van der Waals surface area (Å²) in [4.78, 5) is 15.4. The Bertz CT molecular complexity index is 1340. The van der Waals surface area contributed by atoms with Crippen LogP contribution in [0, 0.1) is 12.7 Å². The monoisotopic (exact) mass is 479 g/mol. The number of fused-ring (bicyclic) bond motifs is 1. The van der Waals surface area contributed by atoms with Crippen LogP contribution in [0.5, 0.6) is 5.75 Å². The maximum Gasteiger partial charge on any atom is 0.416 e. The lowest BCUT2D eigenvalue weighted by molar-refractivity contribution is -0.137. The van der Waals surface area contributed by atoms with E-state index in [4.69, 9.17) is 16.3 Å². The second kappa shape index (κ2) is 8.51. The molecule has 0 saturated heterocycles. The first-order valence-corrected chi connectivity index (χ1v) is 10.1. The standard InChI is InChI=1S/C22H18ClF4N5O/c1-10-15(23)7-13(11(2)32-21-18-20(29-8-28-18)30-9-31-21)19(33-3)17(10)14-6-12(22(25,26)27)4-5-16(14)24/h4-9,11H,1-3H3,(H2,28,29,30,31,32). The Morgan fingerprint density at radius 2 is 1.91 bits per heavy atom. The van der Waals surface area contributed by atoms with Crippen LogP contribution in [0.15, 0.2) is 36.9 Å². The average molecular weight is 480 g/mol. The molecule has 2 aromatic carbocycles. The van der Waals surface area contributed by atoms with Gasteiger partial charge in [-0.1, -0.05) is 11.6 Å². The molecular formula is C22H18ClF4N5O. The second-order valence-electron chi connectivity index (χ2n) is 7.36. The summed E-state index contributed by atoms with van der Waals surface area (Å²) in [6.45, 7) is 3.38. The number of imidazole rings is 1. The molecule has 0 aliphatic rings. The lowest BCUT2D eigenvalue weighted by Gasteiger charge is -2.23. The molecule has 11 heteroatoms. The van der Waals surface area contributed by atoms with Crippen LogP contribution in [0.4, 0.5) is 23.4 Å². The second-order valence-corrected chi connectivity index (χ2v) is 7.77. The molecule has 0 aliphatic carbocycles. The number of rotatable bonds is 5. The summed E-state index contributed by atoms with van der Waals surface area (Å²) in [5, 5.41) is 3.44. The van der Waals surface area contributed by atoms with E-state index in [1.807, 2.05) is 0 Å². The van der Waals surface area contributed by atoms with Crippen molar-refractivity contribution in [2.75, 3.05) is 12.4 Å². The van der Waals surface area contributed by atoms with Gasteiger partial charge in [0.1, 0.15) is 23.4 Å². The normalized spacial score (nSPS) is 12.7. The van der Waals surface area contributed by atoms with Crippen LogP contribution in [0.25, 0.3) is 22.3 Å². The highest BCUT2D eigenvalue weighted by molar-refractivity contribution is 6.32. The summed E-state index contributed by atoms with van der Waals surface area (Å²) in [6.07, 6.45) is -1.80. The summed E-state index contributed by atoms with van der Waals surface area (Å²) in [6, 6.07) is 3.39. The average Bonchev–Trinajstić information content (AvgIpc) is 3.25. The van der Waals surface area contributed by atoms with Crippen LogP contribution >= 0.6 is 11.6 Å². The van der Waals surface area contributed by atoms with Gasteiger partial charge in [0.15, 0.2) is 11.5 Å². The van der Waals surface area contributed by atoms with E-state index in [9.17, 15) is 17.6 Å². The van der Waals surface area contributed by atoms with Crippen LogP contribution in [0.3, 0.4) is 0 Å². The molecule has 172 valence electrons. The number of alkyl halides is 3. The molecule has 33 heavy (non-hydrogen) atoms. The number of aromatic nitrogens is 4. The van der Waals surface area contributed by atoms with Crippen molar-refractivity contribution >= 4 is 28.6 Å². The Balaban J connectivity index is 1.86. The minimum Gasteiger partial charge on any atom is -0.496 e. The van der Waals surface area contributed by atoms with Crippen LogP contribution in [0.2, 0.25) is 5.02 Å². The van der Waals surface area contributed by atoms with Gasteiger partial charge in [0.25, 0.3) is 0 Å². The number of methoxy groups -OCH3 is 1. The van der Waals surface area contributed by atoms with Gasteiger partial charge < -0.3 is 15.0 Å². The van der Waals surface area contributed by atoms with Gasteiger partial charge in [-0.2, -0.15) is 13.2 Å². The first-order valence-electron chi connectivity index (χ1n) is 9.76. The molecule has 0 bridgehead atoms. The molecule has 0 saturated carbocycles. The van der Waals surface area contributed by atoms with Crippen LogP contribution < -0.4 is 10.1 Å². The summed E-state index contributed by atoms with van der Waals surface area (Å²) in [5.41, 5.74) is 0.833. The van der Waals surface area contributed by atoms with Crippen molar-refractivity contribution in [2.24, 2.45) is 0 Å². The maximum atomic E-state index is 14.8. The highest BCUT2D eigenvalue weighted by atomic mass is 35.5. The van der Waals surface area contributed by atoms with Crippen LogP contribution in [0.1, 0.15) is 29.7 Å². The van der Waals surface area contributed by atoms with Crippen LogP contribution in [-0.4, -0.2) is 27.0 Å². The molecule has 6 nitrogen and oxygen atoms in total. The fourth-order valence-electron chi connectivity index (χ4n) is 3.66. The minimum atomic E-state index is -4.64. The Hall–Kier alpha value is -3.40. The molecule has 1 unspecified atom stereocenters. The molecule has 1 atom stereocenters. The first kappa shape index (κ1) is 22.8. The van der Waals surface area contributed by atoms with Crippen molar-refractivity contribution in [3.8, 4) is 16.9 Å². The number of anilines is 1. The third-order valence-corrected chi connectivity index (χ3v) is 5.70. The van der Waals surface area contributed by atoms with Crippen molar-refractivity contribution < 1.29 is 22.3 Å². The Morgan fingerprint density at radius 3 is 2.61 bits per heavy atom. The summed E-state index contributed by atoms with van der Waals surface area (Å²) >= 11 is 6.43. The molecule has 0 spiro atoms. The smallest absolute Gasteiger partial charge is 0.416 e. The number of hydrogen-bond donors (Lipinski definition) is 2. The number of halogens is 5. The molecule has 2 heterocycles. The fraction of sp³-hybridized carbons (Fsp3) is 0.227. The quantitative estimate of drug-likeness (QED) is 0.327. The lowest BCUT2D eigenvalue weighted by atomic mass is 9.92. The number of aromatic amines is 1. The van der Waals surface area contributed by atoms with E-state index in [1.165, 1.54) is 19.8 Å². The number of hydrogen-bond acceptors (Lipinski definition) is 5. The number of nitrogens with zero attached hydrogens (tertiary/aromatic N) is 3. The first-order chi connectivity index (χ1) is 15.6. The zero-order valence-electron chi connectivity index (χ0n) is 17.7. The molecule has 0 amide bonds. The predicted octanol–water partition coefficient (Wildman–Crippen LogP) is 6.32.